The summed E-state index contributed by atoms with van der Waals surface area (Å²) in [7, 11) is 0. The van der Waals surface area contributed by atoms with Crippen molar-refractivity contribution in [1.29, 1.82) is 0 Å². The number of unbranched alkanes of at least 4 members (excludes halogenated alkanes) is 12. The van der Waals surface area contributed by atoms with Crippen LogP contribution < -0.4 is 10.5 Å². The molecule has 0 spiro atoms. The van der Waals surface area contributed by atoms with Gasteiger partial charge in [-0.05, 0) is 30.7 Å². The van der Waals surface area contributed by atoms with Crippen LogP contribution in [0.15, 0.2) is 24.3 Å². The smallest absolute Gasteiger partial charge is 0.119 e. The Hall–Kier alpha value is -1.22. The van der Waals surface area contributed by atoms with Crippen molar-refractivity contribution in [3.63, 3.8) is 0 Å². The van der Waals surface area contributed by atoms with Crippen LogP contribution in [0.25, 0.3) is 0 Å². The summed E-state index contributed by atoms with van der Waals surface area (Å²) in [5.74, 6) is 0.851. The van der Waals surface area contributed by atoms with Crippen LogP contribution in [0.5, 0.6) is 5.75 Å². The largest absolute Gasteiger partial charge is 0.491 e. The maximum atomic E-state index is 5.64. The van der Waals surface area contributed by atoms with E-state index >= 15 is 0 Å². The van der Waals surface area contributed by atoms with E-state index in [1.807, 2.05) is 24.3 Å². The van der Waals surface area contributed by atoms with Crippen LogP contribution in [-0.4, -0.2) is 19.8 Å². The molecule has 0 saturated heterocycles. The van der Waals surface area contributed by atoms with Gasteiger partial charge in [0.15, 0.2) is 0 Å². The third-order valence-electron chi connectivity index (χ3n) is 4.77. The van der Waals surface area contributed by atoms with Crippen LogP contribution in [0, 0.1) is 0 Å². The Morgan fingerprint density at radius 2 is 1.12 bits per heavy atom. The van der Waals surface area contributed by atoms with E-state index in [-0.39, 0.29) is 0 Å². The predicted molar refractivity (Wildman–Crippen MR) is 113 cm³/mol. The Morgan fingerprint density at radius 3 is 1.65 bits per heavy atom. The number of nitrogens with two attached hydrogens (primary N) is 1. The molecular weight excluding hydrogens is 322 g/mol. The van der Waals surface area contributed by atoms with E-state index in [2.05, 4.69) is 6.92 Å². The minimum absolute atomic E-state index is 0.600. The molecule has 0 aliphatic heterocycles. The van der Waals surface area contributed by atoms with Gasteiger partial charge in [0.05, 0.1) is 6.61 Å². The van der Waals surface area contributed by atoms with E-state index < -0.39 is 0 Å². The summed E-state index contributed by atoms with van der Waals surface area (Å²) in [6.07, 6.45) is 18.0. The molecule has 26 heavy (non-hydrogen) atoms. The van der Waals surface area contributed by atoms with Gasteiger partial charge in [0.1, 0.15) is 12.4 Å². The molecule has 0 aliphatic carbocycles. The van der Waals surface area contributed by atoms with Crippen LogP contribution in [0.4, 0.5) is 5.69 Å². The van der Waals surface area contributed by atoms with E-state index in [1.54, 1.807) is 0 Å². The second-order valence-corrected chi connectivity index (χ2v) is 7.27. The molecule has 0 amide bonds. The lowest BCUT2D eigenvalue weighted by Crippen LogP contribution is -2.07. The van der Waals surface area contributed by atoms with E-state index in [4.69, 9.17) is 15.2 Å². The molecule has 0 heterocycles. The Labute approximate surface area is 161 Å². The minimum Gasteiger partial charge on any atom is -0.491 e. The summed E-state index contributed by atoms with van der Waals surface area (Å²) in [5, 5.41) is 0. The molecule has 1 aromatic rings. The molecule has 0 aliphatic rings. The number of anilines is 1. The Kier molecular flexibility index (Phi) is 15.1. The van der Waals surface area contributed by atoms with Crippen LogP contribution >= 0.6 is 0 Å². The topological polar surface area (TPSA) is 44.5 Å². The quantitative estimate of drug-likeness (QED) is 0.231. The zero-order valence-corrected chi connectivity index (χ0v) is 17.0. The summed E-state index contributed by atoms with van der Waals surface area (Å²) in [6.45, 7) is 4.39. The highest BCUT2D eigenvalue weighted by molar-refractivity contribution is 5.41. The molecule has 1 rings (SSSR count). The normalized spacial score (nSPS) is 11.0. The van der Waals surface area contributed by atoms with Crippen molar-refractivity contribution >= 4 is 5.69 Å². The molecule has 0 radical (unpaired) electrons. The first kappa shape index (κ1) is 22.8. The molecule has 3 nitrogen and oxygen atoms in total. The van der Waals surface area contributed by atoms with Gasteiger partial charge in [-0.2, -0.15) is 0 Å². The third-order valence-corrected chi connectivity index (χ3v) is 4.77. The second-order valence-electron chi connectivity index (χ2n) is 7.27. The standard InChI is InChI=1S/C23H41NO2/c1-2-3-4-5-6-7-8-9-10-11-12-13-14-19-25-20-21-26-23-17-15-22(24)16-18-23/h15-18H,2-14,19-21,24H2,1H3. The maximum Gasteiger partial charge on any atom is 0.119 e. The molecule has 0 fully saturated rings. The van der Waals surface area contributed by atoms with E-state index in [0.717, 1.165) is 18.0 Å². The zero-order valence-electron chi connectivity index (χ0n) is 17.0. The molecule has 3 heteroatoms. The predicted octanol–water partition coefficient (Wildman–Crippen LogP) is 6.76. The Bertz CT molecular complexity index is 405. The van der Waals surface area contributed by atoms with Crippen molar-refractivity contribution in [3.05, 3.63) is 24.3 Å². The average molecular weight is 364 g/mol. The molecule has 0 bridgehead atoms. The number of nitrogen functional groups attached to an aromatic ring is 1. The van der Waals surface area contributed by atoms with Gasteiger partial charge < -0.3 is 15.2 Å². The molecule has 2 N–H and O–H groups in total. The molecule has 150 valence electrons. The highest BCUT2D eigenvalue weighted by Gasteiger charge is 1.96. The highest BCUT2D eigenvalue weighted by atomic mass is 16.5. The monoisotopic (exact) mass is 363 g/mol. The van der Waals surface area contributed by atoms with Crippen molar-refractivity contribution in [2.75, 3.05) is 25.6 Å². The number of rotatable bonds is 18. The maximum absolute atomic E-state index is 5.64. The van der Waals surface area contributed by atoms with Gasteiger partial charge in [0.2, 0.25) is 0 Å². The summed E-state index contributed by atoms with van der Waals surface area (Å²) in [4.78, 5) is 0. The van der Waals surface area contributed by atoms with E-state index in [0.29, 0.717) is 13.2 Å². The highest BCUT2D eigenvalue weighted by Crippen LogP contribution is 2.13. The van der Waals surface area contributed by atoms with Crippen molar-refractivity contribution in [2.45, 2.75) is 90.4 Å². The Morgan fingerprint density at radius 1 is 0.615 bits per heavy atom. The molecular formula is C23H41NO2. The zero-order chi connectivity index (χ0) is 18.7. The van der Waals surface area contributed by atoms with Gasteiger partial charge >= 0.3 is 0 Å². The summed E-state index contributed by atoms with van der Waals surface area (Å²) >= 11 is 0. The van der Waals surface area contributed by atoms with Crippen LogP contribution in [0.1, 0.15) is 90.4 Å². The summed E-state index contributed by atoms with van der Waals surface area (Å²) in [6, 6.07) is 7.48. The van der Waals surface area contributed by atoms with E-state index in [1.165, 1.54) is 83.5 Å². The van der Waals surface area contributed by atoms with Gasteiger partial charge in [-0.3, -0.25) is 0 Å². The molecule has 1 aromatic carbocycles. The van der Waals surface area contributed by atoms with Gasteiger partial charge in [0.25, 0.3) is 0 Å². The van der Waals surface area contributed by atoms with Gasteiger partial charge in [0, 0.05) is 12.3 Å². The lowest BCUT2D eigenvalue weighted by Gasteiger charge is -2.07. The molecule has 0 atom stereocenters. The first-order chi connectivity index (χ1) is 12.8. The summed E-state index contributed by atoms with van der Waals surface area (Å²) in [5.41, 5.74) is 6.40. The van der Waals surface area contributed by atoms with Crippen molar-refractivity contribution in [2.24, 2.45) is 0 Å². The average Bonchev–Trinajstić information content (AvgIpc) is 2.66. The number of hydrogen-bond acceptors (Lipinski definition) is 3. The summed E-state index contributed by atoms with van der Waals surface area (Å²) < 4.78 is 11.2. The van der Waals surface area contributed by atoms with Gasteiger partial charge in [-0.15, -0.1) is 0 Å². The fourth-order valence-electron chi connectivity index (χ4n) is 3.11. The van der Waals surface area contributed by atoms with Crippen molar-refractivity contribution in [1.82, 2.24) is 0 Å². The van der Waals surface area contributed by atoms with Crippen LogP contribution in [0.2, 0.25) is 0 Å². The fourth-order valence-corrected chi connectivity index (χ4v) is 3.11. The lowest BCUT2D eigenvalue weighted by molar-refractivity contribution is 0.0971. The first-order valence-electron chi connectivity index (χ1n) is 10.9. The van der Waals surface area contributed by atoms with Gasteiger partial charge in [-0.25, -0.2) is 0 Å². The first-order valence-corrected chi connectivity index (χ1v) is 10.9. The second kappa shape index (κ2) is 17.2. The SMILES string of the molecule is CCCCCCCCCCCCCCCOCCOc1ccc(N)cc1. The third kappa shape index (κ3) is 14.0. The number of ether oxygens (including phenoxy) is 2. The fraction of sp³-hybridized carbons (Fsp3) is 0.739. The molecule has 0 unspecified atom stereocenters. The van der Waals surface area contributed by atoms with Crippen LogP contribution in [0.3, 0.4) is 0 Å². The van der Waals surface area contributed by atoms with Crippen molar-refractivity contribution in [3.8, 4) is 5.75 Å². The Balaban J connectivity index is 1.72. The van der Waals surface area contributed by atoms with Gasteiger partial charge in [-0.1, -0.05) is 84.0 Å². The lowest BCUT2D eigenvalue weighted by atomic mass is 10.0. The van der Waals surface area contributed by atoms with Crippen LogP contribution in [-0.2, 0) is 4.74 Å². The minimum atomic E-state index is 0.600. The molecule has 0 aromatic heterocycles. The van der Waals surface area contributed by atoms with E-state index in [9.17, 15) is 0 Å². The number of hydrogen-bond donors (Lipinski definition) is 1. The van der Waals surface area contributed by atoms with Crippen molar-refractivity contribution < 1.29 is 9.47 Å². The number of benzene rings is 1. The molecule has 0 saturated carbocycles.